The van der Waals surface area contributed by atoms with E-state index in [0.717, 1.165) is 34.9 Å². The number of anilines is 1. The molecule has 142 valence electrons. The van der Waals surface area contributed by atoms with Crippen LogP contribution >= 0.6 is 0 Å². The number of aliphatic hydroxyl groups excluding tert-OH is 1. The molecule has 0 bridgehead atoms. The highest BCUT2D eigenvalue weighted by atomic mass is 32.2. The zero-order valence-corrected chi connectivity index (χ0v) is 16.0. The van der Waals surface area contributed by atoms with Gasteiger partial charge in [-0.1, -0.05) is 37.6 Å². The molecule has 6 heteroatoms. The second-order valence-electron chi connectivity index (χ2n) is 6.11. The Bertz CT molecular complexity index is 912. The number of nitrogens with one attached hydrogen (secondary N) is 1. The SMILES string of the molecule is CCCCOS(=O)Nc1ccc(Oc2cccc3cc(CO)ccc23)cc1. The van der Waals surface area contributed by atoms with E-state index in [2.05, 4.69) is 11.6 Å². The lowest BCUT2D eigenvalue weighted by atomic mass is 10.1. The molecule has 0 heterocycles. The van der Waals surface area contributed by atoms with Crippen LogP contribution in [0.4, 0.5) is 5.69 Å². The summed E-state index contributed by atoms with van der Waals surface area (Å²) in [5.74, 6) is 1.42. The van der Waals surface area contributed by atoms with E-state index >= 15 is 0 Å². The minimum absolute atomic E-state index is 0.0129. The van der Waals surface area contributed by atoms with Crippen molar-refractivity contribution in [3.63, 3.8) is 0 Å². The lowest BCUT2D eigenvalue weighted by Crippen LogP contribution is -2.08. The van der Waals surface area contributed by atoms with Gasteiger partial charge in [0.2, 0.25) is 0 Å². The van der Waals surface area contributed by atoms with Crippen LogP contribution in [0.3, 0.4) is 0 Å². The maximum Gasteiger partial charge on any atom is 0.261 e. The van der Waals surface area contributed by atoms with Crippen molar-refractivity contribution >= 4 is 27.7 Å². The van der Waals surface area contributed by atoms with Crippen molar-refractivity contribution in [3.05, 3.63) is 66.2 Å². The first-order valence-corrected chi connectivity index (χ1v) is 9.99. The molecular formula is C21H23NO4S. The average Bonchev–Trinajstić information content (AvgIpc) is 2.69. The number of fused-ring (bicyclic) bond motifs is 1. The molecule has 0 saturated carbocycles. The van der Waals surface area contributed by atoms with Gasteiger partial charge in [-0.2, -0.15) is 0 Å². The molecule has 0 aliphatic carbocycles. The first-order valence-electron chi connectivity index (χ1n) is 8.91. The molecule has 27 heavy (non-hydrogen) atoms. The summed E-state index contributed by atoms with van der Waals surface area (Å²) in [7, 11) is 0. The first kappa shape index (κ1) is 19.4. The lowest BCUT2D eigenvalue weighted by Gasteiger charge is -2.11. The van der Waals surface area contributed by atoms with E-state index in [-0.39, 0.29) is 6.61 Å². The monoisotopic (exact) mass is 385 g/mol. The Hall–Kier alpha value is -2.41. The summed E-state index contributed by atoms with van der Waals surface area (Å²) in [6, 6.07) is 18.8. The molecule has 0 aromatic heterocycles. The molecule has 0 aliphatic rings. The summed E-state index contributed by atoms with van der Waals surface area (Å²) in [5, 5.41) is 11.3. The summed E-state index contributed by atoms with van der Waals surface area (Å²) in [4.78, 5) is 0. The van der Waals surface area contributed by atoms with Crippen LogP contribution in [0.1, 0.15) is 25.3 Å². The predicted octanol–water partition coefficient (Wildman–Crippen LogP) is 4.93. The third-order valence-corrected chi connectivity index (χ3v) is 4.84. The smallest absolute Gasteiger partial charge is 0.261 e. The van der Waals surface area contributed by atoms with Gasteiger partial charge in [-0.3, -0.25) is 8.91 Å². The van der Waals surface area contributed by atoms with Crippen LogP contribution in [-0.4, -0.2) is 15.9 Å². The van der Waals surface area contributed by atoms with E-state index in [1.807, 2.05) is 48.5 Å². The Labute approximate surface area is 161 Å². The zero-order valence-electron chi connectivity index (χ0n) is 15.2. The molecule has 1 unspecified atom stereocenters. The number of ether oxygens (including phenoxy) is 1. The summed E-state index contributed by atoms with van der Waals surface area (Å²) >= 11 is -1.55. The van der Waals surface area contributed by atoms with Crippen LogP contribution in [0.5, 0.6) is 11.5 Å². The van der Waals surface area contributed by atoms with Crippen LogP contribution in [0.2, 0.25) is 0 Å². The van der Waals surface area contributed by atoms with E-state index in [4.69, 9.17) is 8.92 Å². The Morgan fingerprint density at radius 3 is 2.63 bits per heavy atom. The molecule has 2 N–H and O–H groups in total. The average molecular weight is 385 g/mol. The van der Waals surface area contributed by atoms with Crippen molar-refractivity contribution in [2.75, 3.05) is 11.3 Å². The molecule has 3 rings (SSSR count). The fourth-order valence-corrected chi connectivity index (χ4v) is 3.27. The molecule has 0 fully saturated rings. The highest BCUT2D eigenvalue weighted by Gasteiger charge is 2.06. The third kappa shape index (κ3) is 5.29. The second kappa shape index (κ2) is 9.50. The van der Waals surface area contributed by atoms with Gasteiger partial charge in [-0.05, 0) is 53.8 Å². The summed E-state index contributed by atoms with van der Waals surface area (Å²) in [6.07, 6.45) is 1.88. The van der Waals surface area contributed by atoms with Gasteiger partial charge in [0.15, 0.2) is 0 Å². The second-order valence-corrected chi connectivity index (χ2v) is 7.02. The van der Waals surface area contributed by atoms with Gasteiger partial charge >= 0.3 is 0 Å². The van der Waals surface area contributed by atoms with Gasteiger partial charge in [-0.25, -0.2) is 4.21 Å². The molecule has 0 amide bonds. The third-order valence-electron chi connectivity index (χ3n) is 4.06. The van der Waals surface area contributed by atoms with E-state index in [1.165, 1.54) is 0 Å². The summed E-state index contributed by atoms with van der Waals surface area (Å²) in [6.45, 7) is 2.54. The van der Waals surface area contributed by atoms with E-state index < -0.39 is 11.3 Å². The summed E-state index contributed by atoms with van der Waals surface area (Å²) < 4.78 is 25.8. The van der Waals surface area contributed by atoms with E-state index in [9.17, 15) is 9.32 Å². The normalized spacial score (nSPS) is 12.1. The highest BCUT2D eigenvalue weighted by molar-refractivity contribution is 7.81. The van der Waals surface area contributed by atoms with Crippen molar-refractivity contribution in [1.29, 1.82) is 0 Å². The number of rotatable bonds is 9. The number of aliphatic hydroxyl groups is 1. The van der Waals surface area contributed by atoms with Crippen molar-refractivity contribution < 1.29 is 18.2 Å². The molecule has 1 atom stereocenters. The van der Waals surface area contributed by atoms with E-state index in [1.54, 1.807) is 12.1 Å². The Balaban J connectivity index is 1.68. The highest BCUT2D eigenvalue weighted by Crippen LogP contribution is 2.31. The van der Waals surface area contributed by atoms with E-state index in [0.29, 0.717) is 18.0 Å². The standard InChI is InChI=1S/C21H23NO4S/c1-2-3-13-25-27(24)22-18-8-10-19(11-9-18)26-21-6-4-5-17-14-16(15-23)7-12-20(17)21/h4-12,14,22-23H,2-3,13,15H2,1H3. The van der Waals surface area contributed by atoms with Gasteiger partial charge in [-0.15, -0.1) is 0 Å². The molecule has 5 nitrogen and oxygen atoms in total. The molecule has 0 spiro atoms. The largest absolute Gasteiger partial charge is 0.457 e. The minimum Gasteiger partial charge on any atom is -0.457 e. The Kier molecular flexibility index (Phi) is 6.81. The Morgan fingerprint density at radius 2 is 1.89 bits per heavy atom. The van der Waals surface area contributed by atoms with Gasteiger partial charge in [0, 0.05) is 11.1 Å². The fraction of sp³-hybridized carbons (Fsp3) is 0.238. The summed E-state index contributed by atoms with van der Waals surface area (Å²) in [5.41, 5.74) is 1.56. The van der Waals surface area contributed by atoms with Gasteiger partial charge in [0.05, 0.1) is 13.2 Å². The minimum atomic E-state index is -1.55. The van der Waals surface area contributed by atoms with Crippen LogP contribution in [0, 0.1) is 0 Å². The lowest BCUT2D eigenvalue weighted by molar-refractivity contribution is 0.282. The molecule has 0 aliphatic heterocycles. The maximum absolute atomic E-state index is 11.8. The number of benzene rings is 3. The molecule has 3 aromatic rings. The molecule has 0 radical (unpaired) electrons. The first-order chi connectivity index (χ1) is 13.2. The van der Waals surface area contributed by atoms with Gasteiger partial charge < -0.3 is 9.84 Å². The number of hydrogen-bond acceptors (Lipinski definition) is 4. The van der Waals surface area contributed by atoms with Crippen molar-refractivity contribution in [2.24, 2.45) is 0 Å². The van der Waals surface area contributed by atoms with Crippen LogP contribution in [0.25, 0.3) is 10.8 Å². The van der Waals surface area contributed by atoms with Crippen molar-refractivity contribution in [2.45, 2.75) is 26.4 Å². The maximum atomic E-state index is 11.8. The number of unbranched alkanes of at least 4 members (excludes halogenated alkanes) is 1. The Morgan fingerprint density at radius 1 is 1.07 bits per heavy atom. The molecular weight excluding hydrogens is 362 g/mol. The topological polar surface area (TPSA) is 67.8 Å². The molecule has 0 saturated heterocycles. The van der Waals surface area contributed by atoms with Gasteiger partial charge in [0.25, 0.3) is 11.3 Å². The van der Waals surface area contributed by atoms with Gasteiger partial charge in [0.1, 0.15) is 11.5 Å². The molecule has 3 aromatic carbocycles. The predicted molar refractivity (Wildman–Crippen MR) is 109 cm³/mol. The van der Waals surface area contributed by atoms with Crippen LogP contribution < -0.4 is 9.46 Å². The zero-order chi connectivity index (χ0) is 19.1. The quantitative estimate of drug-likeness (QED) is 0.513. The van der Waals surface area contributed by atoms with Crippen LogP contribution in [0.15, 0.2) is 60.7 Å². The van der Waals surface area contributed by atoms with Crippen molar-refractivity contribution in [3.8, 4) is 11.5 Å². The van der Waals surface area contributed by atoms with Crippen molar-refractivity contribution in [1.82, 2.24) is 0 Å². The number of hydrogen-bond donors (Lipinski definition) is 2. The van der Waals surface area contributed by atoms with Crippen LogP contribution in [-0.2, 0) is 22.1 Å². The fourth-order valence-electron chi connectivity index (χ4n) is 2.61.